The maximum absolute atomic E-state index is 13.4. The van der Waals surface area contributed by atoms with Crippen LogP contribution < -0.4 is 10.2 Å². The number of benzene rings is 1. The number of nitrogens with zero attached hydrogens (tertiary/aromatic N) is 3. The highest BCUT2D eigenvalue weighted by molar-refractivity contribution is 7.17. The van der Waals surface area contributed by atoms with Gasteiger partial charge in [-0.2, -0.15) is 0 Å². The van der Waals surface area contributed by atoms with Gasteiger partial charge in [0.15, 0.2) is 0 Å². The molecule has 0 bridgehead atoms. The van der Waals surface area contributed by atoms with Gasteiger partial charge >= 0.3 is 6.09 Å². The van der Waals surface area contributed by atoms with Gasteiger partial charge in [-0.05, 0) is 82.7 Å². The summed E-state index contributed by atoms with van der Waals surface area (Å²) >= 11 is 1.55. The summed E-state index contributed by atoms with van der Waals surface area (Å²) < 4.78 is 8.25. The van der Waals surface area contributed by atoms with Gasteiger partial charge in [0.1, 0.15) is 17.8 Å². The molecule has 1 fully saturated rings. The third-order valence-corrected chi connectivity index (χ3v) is 7.31. The van der Waals surface area contributed by atoms with E-state index in [1.54, 1.807) is 21.1 Å². The van der Waals surface area contributed by atoms with Crippen molar-refractivity contribution in [1.82, 2.24) is 14.8 Å². The number of aromatic nitrogens is 1. The molecule has 0 unspecified atom stereocenters. The Morgan fingerprint density at radius 3 is 2.51 bits per heavy atom. The predicted octanol–water partition coefficient (Wildman–Crippen LogP) is 5.19. The second kappa shape index (κ2) is 11.0. The summed E-state index contributed by atoms with van der Waals surface area (Å²) in [6.45, 7) is 11.2. The van der Waals surface area contributed by atoms with Crippen molar-refractivity contribution in [3.05, 3.63) is 53.0 Å². The Labute approximate surface area is 222 Å². The molecule has 1 aromatic carbocycles. The zero-order chi connectivity index (χ0) is 26.7. The summed E-state index contributed by atoms with van der Waals surface area (Å²) in [6.07, 6.45) is 0.977. The van der Waals surface area contributed by atoms with Crippen molar-refractivity contribution < 1.29 is 19.1 Å². The first-order valence-electron chi connectivity index (χ1n) is 12.8. The number of anilines is 1. The van der Waals surface area contributed by atoms with Gasteiger partial charge < -0.3 is 24.4 Å². The summed E-state index contributed by atoms with van der Waals surface area (Å²) in [5.41, 5.74) is 2.75. The number of likely N-dealkylation sites (tertiary alicyclic amines) is 1. The molecule has 37 heavy (non-hydrogen) atoms. The van der Waals surface area contributed by atoms with E-state index in [-0.39, 0.29) is 30.5 Å². The van der Waals surface area contributed by atoms with Crippen LogP contribution in [-0.2, 0) is 16.1 Å². The molecule has 0 aliphatic carbocycles. The molecule has 4 rings (SSSR count). The molecular formula is C28H36N4O4S. The average molecular weight is 525 g/mol. The van der Waals surface area contributed by atoms with Gasteiger partial charge in [0.25, 0.3) is 5.91 Å². The zero-order valence-corrected chi connectivity index (χ0v) is 23.1. The van der Waals surface area contributed by atoms with E-state index >= 15 is 0 Å². The lowest BCUT2D eigenvalue weighted by Crippen LogP contribution is -2.48. The summed E-state index contributed by atoms with van der Waals surface area (Å²) in [6, 6.07) is 11.6. The van der Waals surface area contributed by atoms with Crippen molar-refractivity contribution in [3.8, 4) is 0 Å². The molecule has 1 saturated heterocycles. The topological polar surface area (TPSA) is 83.9 Å². The Balaban J connectivity index is 1.45. The highest BCUT2D eigenvalue weighted by Gasteiger charge is 2.29. The number of piperidine rings is 1. The number of nitrogens with one attached hydrogen (secondary N) is 1. The lowest BCUT2D eigenvalue weighted by Gasteiger charge is -2.33. The number of rotatable bonds is 6. The van der Waals surface area contributed by atoms with Gasteiger partial charge in [0.2, 0.25) is 5.91 Å². The molecule has 1 aliphatic rings. The number of carbonyl (C=O) groups is 3. The summed E-state index contributed by atoms with van der Waals surface area (Å²) in [7, 11) is 0. The third-order valence-electron chi connectivity index (χ3n) is 6.46. The molecule has 3 amide bonds. The van der Waals surface area contributed by atoms with Crippen LogP contribution in [0.15, 0.2) is 41.8 Å². The summed E-state index contributed by atoms with van der Waals surface area (Å²) in [5.74, 6) is -0.276. The van der Waals surface area contributed by atoms with E-state index < -0.39 is 5.60 Å². The van der Waals surface area contributed by atoms with Crippen LogP contribution in [0.5, 0.6) is 0 Å². The summed E-state index contributed by atoms with van der Waals surface area (Å²) in [5, 5.41) is 5.10. The molecule has 3 aromatic rings. The molecule has 0 atom stereocenters. The Bertz CT molecular complexity index is 1280. The number of hydrogen-bond donors (Lipinski definition) is 1. The highest BCUT2D eigenvalue weighted by Crippen LogP contribution is 2.27. The molecular weight excluding hydrogens is 488 g/mol. The zero-order valence-electron chi connectivity index (χ0n) is 22.2. The standard InChI is InChI=1S/C28H36N4O4S/c1-6-31(21-9-7-8-19(2)16-21)25(33)18-32-22-12-15-37-24(22)17-23(32)26(34)29-20-10-13-30(14-11-20)27(35)36-28(3,4)5/h7-9,12,15-17,20H,6,10-11,13-14,18H2,1-5H3,(H,29,34). The van der Waals surface area contributed by atoms with Crippen LogP contribution in [0.4, 0.5) is 10.5 Å². The fourth-order valence-corrected chi connectivity index (χ4v) is 5.47. The number of likely N-dealkylation sites (N-methyl/N-ethyl adjacent to an activating group) is 1. The van der Waals surface area contributed by atoms with E-state index in [9.17, 15) is 14.4 Å². The van der Waals surface area contributed by atoms with Crippen molar-refractivity contribution in [2.75, 3.05) is 24.5 Å². The van der Waals surface area contributed by atoms with Crippen molar-refractivity contribution >= 4 is 45.1 Å². The maximum Gasteiger partial charge on any atom is 0.410 e. The molecule has 1 aliphatic heterocycles. The first kappa shape index (κ1) is 26.7. The fraction of sp³-hybridized carbons (Fsp3) is 0.464. The van der Waals surface area contributed by atoms with Crippen LogP contribution in [0.25, 0.3) is 10.2 Å². The average Bonchev–Trinajstić information content (AvgIpc) is 3.42. The molecule has 2 aromatic heterocycles. The Morgan fingerprint density at radius 2 is 1.86 bits per heavy atom. The van der Waals surface area contributed by atoms with E-state index in [0.717, 1.165) is 21.5 Å². The first-order chi connectivity index (χ1) is 17.6. The van der Waals surface area contributed by atoms with Crippen LogP contribution in [0.3, 0.4) is 0 Å². The predicted molar refractivity (Wildman–Crippen MR) is 147 cm³/mol. The van der Waals surface area contributed by atoms with Gasteiger partial charge in [-0.3, -0.25) is 9.59 Å². The minimum absolute atomic E-state index is 0.0530. The van der Waals surface area contributed by atoms with Crippen LogP contribution >= 0.6 is 11.3 Å². The van der Waals surface area contributed by atoms with Gasteiger partial charge in [0.05, 0.1) is 10.2 Å². The third kappa shape index (κ3) is 6.33. The van der Waals surface area contributed by atoms with Crippen molar-refractivity contribution in [3.63, 3.8) is 0 Å². The number of aryl methyl sites for hydroxylation is 1. The highest BCUT2D eigenvalue weighted by atomic mass is 32.1. The minimum Gasteiger partial charge on any atom is -0.444 e. The van der Waals surface area contributed by atoms with Crippen LogP contribution in [-0.4, -0.2) is 58.7 Å². The number of ether oxygens (including phenoxy) is 1. The largest absolute Gasteiger partial charge is 0.444 e. The lowest BCUT2D eigenvalue weighted by molar-refractivity contribution is -0.119. The molecule has 0 saturated carbocycles. The maximum atomic E-state index is 13.4. The van der Waals surface area contributed by atoms with E-state index in [1.165, 1.54) is 0 Å². The van der Waals surface area contributed by atoms with Crippen LogP contribution in [0.2, 0.25) is 0 Å². The SMILES string of the molecule is CCN(C(=O)Cn1c(C(=O)NC2CCN(C(=O)OC(C)(C)C)CC2)cc2sccc21)c1cccc(C)c1. The lowest BCUT2D eigenvalue weighted by atomic mass is 10.1. The molecule has 3 heterocycles. The van der Waals surface area contributed by atoms with E-state index in [0.29, 0.717) is 38.2 Å². The van der Waals surface area contributed by atoms with Crippen LogP contribution in [0.1, 0.15) is 56.6 Å². The van der Waals surface area contributed by atoms with Gasteiger partial charge in [0, 0.05) is 31.4 Å². The van der Waals surface area contributed by atoms with Gasteiger partial charge in [-0.1, -0.05) is 12.1 Å². The van der Waals surface area contributed by atoms with Crippen molar-refractivity contribution in [1.29, 1.82) is 0 Å². The number of hydrogen-bond acceptors (Lipinski definition) is 5. The van der Waals surface area contributed by atoms with Gasteiger partial charge in [-0.25, -0.2) is 4.79 Å². The monoisotopic (exact) mass is 524 g/mol. The van der Waals surface area contributed by atoms with E-state index in [2.05, 4.69) is 5.32 Å². The molecule has 0 spiro atoms. The Kier molecular flexibility index (Phi) is 7.92. The van der Waals surface area contributed by atoms with E-state index in [1.807, 2.05) is 81.0 Å². The first-order valence-corrected chi connectivity index (χ1v) is 13.7. The molecule has 8 nitrogen and oxygen atoms in total. The van der Waals surface area contributed by atoms with Gasteiger partial charge in [-0.15, -0.1) is 11.3 Å². The number of fused-ring (bicyclic) bond motifs is 1. The quantitative estimate of drug-likeness (QED) is 0.481. The van der Waals surface area contributed by atoms with Crippen LogP contribution in [0, 0.1) is 6.92 Å². The number of carbonyl (C=O) groups excluding carboxylic acids is 3. The normalized spacial score (nSPS) is 14.6. The smallest absolute Gasteiger partial charge is 0.410 e. The Hall–Kier alpha value is -3.33. The molecule has 1 N–H and O–H groups in total. The number of thiophene rings is 1. The number of amides is 3. The molecule has 198 valence electrons. The Morgan fingerprint density at radius 1 is 1.14 bits per heavy atom. The second-order valence-electron chi connectivity index (χ2n) is 10.5. The van der Waals surface area contributed by atoms with Crippen molar-refractivity contribution in [2.45, 2.75) is 65.6 Å². The van der Waals surface area contributed by atoms with Crippen molar-refractivity contribution in [2.24, 2.45) is 0 Å². The van der Waals surface area contributed by atoms with E-state index in [4.69, 9.17) is 4.74 Å². The minimum atomic E-state index is -0.537. The summed E-state index contributed by atoms with van der Waals surface area (Å²) in [4.78, 5) is 42.6. The molecule has 0 radical (unpaired) electrons. The molecule has 9 heteroatoms. The second-order valence-corrected chi connectivity index (χ2v) is 11.4. The fourth-order valence-electron chi connectivity index (χ4n) is 4.65.